The average molecular weight is 275 g/mol. The summed E-state index contributed by atoms with van der Waals surface area (Å²) in [5, 5.41) is 0. The summed E-state index contributed by atoms with van der Waals surface area (Å²) in [6.45, 7) is 9.44. The first-order valence-corrected chi connectivity index (χ1v) is 7.34. The lowest BCUT2D eigenvalue weighted by Gasteiger charge is -2.39. The monoisotopic (exact) mass is 275 g/mol. The van der Waals surface area contributed by atoms with Crippen LogP contribution < -0.4 is 10.6 Å². The maximum Gasteiger partial charge on any atom is 0.228 e. The number of hydrogen-bond donors (Lipinski definition) is 1. The number of piperazine rings is 1. The fraction of sp³-hybridized carbons (Fsp3) is 0.562. The van der Waals surface area contributed by atoms with Crippen molar-refractivity contribution in [2.75, 3.05) is 36.8 Å². The summed E-state index contributed by atoms with van der Waals surface area (Å²) < 4.78 is 0. The summed E-state index contributed by atoms with van der Waals surface area (Å²) in [5.74, 6) is 0.271. The van der Waals surface area contributed by atoms with Crippen LogP contribution in [0.25, 0.3) is 0 Å². The largest absolute Gasteiger partial charge is 0.399 e. The minimum absolute atomic E-state index is 0.251. The van der Waals surface area contributed by atoms with Crippen molar-refractivity contribution in [1.29, 1.82) is 0 Å². The molecule has 0 aliphatic carbocycles. The molecule has 1 aromatic carbocycles. The summed E-state index contributed by atoms with van der Waals surface area (Å²) >= 11 is 0. The molecule has 1 aromatic rings. The smallest absolute Gasteiger partial charge is 0.228 e. The van der Waals surface area contributed by atoms with E-state index in [1.165, 1.54) is 0 Å². The van der Waals surface area contributed by atoms with Gasteiger partial charge in [0, 0.05) is 43.0 Å². The molecule has 4 nitrogen and oxygen atoms in total. The normalized spacial score (nSPS) is 16.4. The molecule has 1 saturated heterocycles. The van der Waals surface area contributed by atoms with Crippen molar-refractivity contribution in [1.82, 2.24) is 4.90 Å². The van der Waals surface area contributed by atoms with Gasteiger partial charge in [-0.15, -0.1) is 0 Å². The van der Waals surface area contributed by atoms with Crippen LogP contribution in [0.4, 0.5) is 11.4 Å². The van der Waals surface area contributed by atoms with E-state index in [0.29, 0.717) is 0 Å². The Kier molecular flexibility index (Phi) is 4.21. The van der Waals surface area contributed by atoms with Gasteiger partial charge >= 0.3 is 0 Å². The van der Waals surface area contributed by atoms with Crippen LogP contribution in [0.1, 0.15) is 27.2 Å². The van der Waals surface area contributed by atoms with E-state index in [0.717, 1.165) is 44.0 Å². The molecule has 1 fully saturated rings. The molecule has 0 spiro atoms. The lowest BCUT2D eigenvalue weighted by Crippen LogP contribution is -2.52. The molecule has 0 unspecified atom stereocenters. The number of benzene rings is 1. The fourth-order valence-corrected chi connectivity index (χ4v) is 2.47. The number of nitrogen functional groups attached to an aromatic ring is 1. The van der Waals surface area contributed by atoms with Crippen LogP contribution in [0.2, 0.25) is 0 Å². The molecule has 4 heteroatoms. The van der Waals surface area contributed by atoms with Crippen molar-refractivity contribution in [2.45, 2.75) is 27.2 Å². The van der Waals surface area contributed by atoms with Crippen molar-refractivity contribution in [3.63, 3.8) is 0 Å². The van der Waals surface area contributed by atoms with E-state index in [4.69, 9.17) is 5.73 Å². The fourth-order valence-electron chi connectivity index (χ4n) is 2.47. The molecule has 1 aliphatic rings. The number of carbonyl (C=O) groups is 1. The highest BCUT2D eigenvalue weighted by Gasteiger charge is 2.32. The van der Waals surface area contributed by atoms with Gasteiger partial charge in [-0.3, -0.25) is 4.79 Å². The lowest BCUT2D eigenvalue weighted by atomic mass is 9.88. The van der Waals surface area contributed by atoms with Crippen molar-refractivity contribution in [3.05, 3.63) is 24.3 Å². The van der Waals surface area contributed by atoms with Crippen molar-refractivity contribution >= 4 is 17.3 Å². The van der Waals surface area contributed by atoms with Crippen LogP contribution in [0.5, 0.6) is 0 Å². The highest BCUT2D eigenvalue weighted by atomic mass is 16.2. The number of hydrogen-bond acceptors (Lipinski definition) is 3. The van der Waals surface area contributed by atoms with Crippen LogP contribution >= 0.6 is 0 Å². The van der Waals surface area contributed by atoms with Gasteiger partial charge in [0.15, 0.2) is 0 Å². The van der Waals surface area contributed by atoms with Gasteiger partial charge in [-0.25, -0.2) is 0 Å². The van der Waals surface area contributed by atoms with Crippen molar-refractivity contribution in [2.24, 2.45) is 5.41 Å². The number of anilines is 2. The number of nitrogens with zero attached hydrogens (tertiary/aromatic N) is 2. The Morgan fingerprint density at radius 3 is 2.45 bits per heavy atom. The molecule has 0 atom stereocenters. The topological polar surface area (TPSA) is 49.6 Å². The van der Waals surface area contributed by atoms with Gasteiger partial charge in [0.05, 0.1) is 0 Å². The Morgan fingerprint density at radius 1 is 1.25 bits per heavy atom. The van der Waals surface area contributed by atoms with E-state index < -0.39 is 0 Å². The van der Waals surface area contributed by atoms with E-state index in [-0.39, 0.29) is 11.3 Å². The molecule has 0 aromatic heterocycles. The van der Waals surface area contributed by atoms with Crippen LogP contribution in [0.15, 0.2) is 24.3 Å². The molecule has 1 heterocycles. The molecule has 1 aliphatic heterocycles. The standard InChI is InChI=1S/C16H25N3O/c1-4-16(2,3)15(20)19-10-8-18(9-11-19)14-7-5-6-13(17)12-14/h5-7,12H,4,8-11,17H2,1-3H3. The van der Waals surface area contributed by atoms with Gasteiger partial charge < -0.3 is 15.5 Å². The molecule has 1 amide bonds. The minimum atomic E-state index is -0.251. The zero-order valence-corrected chi connectivity index (χ0v) is 12.7. The van der Waals surface area contributed by atoms with Crippen molar-refractivity contribution in [3.8, 4) is 0 Å². The Balaban J connectivity index is 1.98. The summed E-state index contributed by atoms with van der Waals surface area (Å²) in [5.41, 5.74) is 7.50. The highest BCUT2D eigenvalue weighted by molar-refractivity contribution is 5.82. The van der Waals surface area contributed by atoms with Gasteiger partial charge in [0.1, 0.15) is 0 Å². The quantitative estimate of drug-likeness (QED) is 0.862. The maximum atomic E-state index is 12.4. The number of amides is 1. The number of nitrogens with two attached hydrogens (primary N) is 1. The highest BCUT2D eigenvalue weighted by Crippen LogP contribution is 2.25. The maximum absolute atomic E-state index is 12.4. The molecule has 2 rings (SSSR count). The second-order valence-electron chi connectivity index (χ2n) is 6.11. The number of carbonyl (C=O) groups excluding carboxylic acids is 1. The lowest BCUT2D eigenvalue weighted by molar-refractivity contribution is -0.140. The molecule has 0 saturated carbocycles. The van der Waals surface area contributed by atoms with Gasteiger partial charge in [0.2, 0.25) is 5.91 Å². The third kappa shape index (κ3) is 3.06. The Bertz CT molecular complexity index is 476. The summed E-state index contributed by atoms with van der Waals surface area (Å²) in [7, 11) is 0. The third-order valence-electron chi connectivity index (χ3n) is 4.27. The zero-order valence-electron chi connectivity index (χ0n) is 12.7. The third-order valence-corrected chi connectivity index (χ3v) is 4.27. The second kappa shape index (κ2) is 5.73. The molecule has 20 heavy (non-hydrogen) atoms. The minimum Gasteiger partial charge on any atom is -0.399 e. The SMILES string of the molecule is CCC(C)(C)C(=O)N1CCN(c2cccc(N)c2)CC1. The first-order chi connectivity index (χ1) is 9.44. The van der Waals surface area contributed by atoms with E-state index in [1.54, 1.807) is 0 Å². The van der Waals surface area contributed by atoms with Crippen molar-refractivity contribution < 1.29 is 4.79 Å². The Hall–Kier alpha value is -1.71. The summed E-state index contributed by atoms with van der Waals surface area (Å²) in [6, 6.07) is 7.94. The molecule has 0 radical (unpaired) electrons. The van der Waals surface area contributed by atoms with Crippen LogP contribution in [0, 0.1) is 5.41 Å². The molecule has 0 bridgehead atoms. The molecule has 110 valence electrons. The molecular formula is C16H25N3O. The number of rotatable bonds is 3. The van der Waals surface area contributed by atoms with Gasteiger partial charge in [0.25, 0.3) is 0 Å². The molecular weight excluding hydrogens is 250 g/mol. The first kappa shape index (κ1) is 14.7. The zero-order chi connectivity index (χ0) is 14.8. The van der Waals surface area contributed by atoms with Gasteiger partial charge in [-0.1, -0.05) is 26.8 Å². The van der Waals surface area contributed by atoms with E-state index >= 15 is 0 Å². The van der Waals surface area contributed by atoms with E-state index in [2.05, 4.69) is 17.9 Å². The van der Waals surface area contributed by atoms with Gasteiger partial charge in [-0.05, 0) is 24.6 Å². The summed E-state index contributed by atoms with van der Waals surface area (Å²) in [6.07, 6.45) is 0.876. The first-order valence-electron chi connectivity index (χ1n) is 7.34. The Labute approximate surface area is 121 Å². The predicted molar refractivity (Wildman–Crippen MR) is 83.7 cm³/mol. The van der Waals surface area contributed by atoms with E-state index in [9.17, 15) is 4.79 Å². The average Bonchev–Trinajstić information content (AvgIpc) is 2.46. The van der Waals surface area contributed by atoms with Crippen LogP contribution in [-0.4, -0.2) is 37.0 Å². The Morgan fingerprint density at radius 2 is 1.90 bits per heavy atom. The predicted octanol–water partition coefficient (Wildman–Crippen LogP) is 2.35. The molecule has 2 N–H and O–H groups in total. The van der Waals surface area contributed by atoms with Gasteiger partial charge in [-0.2, -0.15) is 0 Å². The summed E-state index contributed by atoms with van der Waals surface area (Å²) in [4.78, 5) is 16.7. The van der Waals surface area contributed by atoms with Crippen LogP contribution in [0.3, 0.4) is 0 Å². The second-order valence-corrected chi connectivity index (χ2v) is 6.11. The van der Waals surface area contributed by atoms with E-state index in [1.807, 2.05) is 36.9 Å². The van der Waals surface area contributed by atoms with Crippen LogP contribution in [-0.2, 0) is 4.79 Å².